The first-order valence-corrected chi connectivity index (χ1v) is 7.26. The highest BCUT2D eigenvalue weighted by Gasteiger charge is 2.35. The minimum absolute atomic E-state index is 0.124. The van der Waals surface area contributed by atoms with E-state index in [1.807, 2.05) is 0 Å². The quantitative estimate of drug-likeness (QED) is 0.902. The number of ether oxygens (including phenoxy) is 1. The fourth-order valence-corrected chi connectivity index (χ4v) is 2.55. The van der Waals surface area contributed by atoms with E-state index in [4.69, 9.17) is 16.3 Å². The van der Waals surface area contributed by atoms with E-state index in [9.17, 15) is 14.7 Å². The predicted molar refractivity (Wildman–Crippen MR) is 82.9 cm³/mol. The number of rotatable bonds is 2. The molecule has 2 rings (SSSR count). The summed E-state index contributed by atoms with van der Waals surface area (Å²) in [6.45, 7) is 5.47. The van der Waals surface area contributed by atoms with E-state index in [1.54, 1.807) is 45.0 Å². The van der Waals surface area contributed by atoms with Gasteiger partial charge in [0.05, 0.1) is 5.57 Å². The predicted octanol–water partition coefficient (Wildman–Crippen LogP) is 3.64. The minimum Gasteiger partial charge on any atom is -0.478 e. The first kappa shape index (κ1) is 16.4. The van der Waals surface area contributed by atoms with Gasteiger partial charge in [-0.3, -0.25) is 4.90 Å². The topological polar surface area (TPSA) is 66.8 Å². The normalized spacial score (nSPS) is 18.1. The number of carbonyl (C=O) groups excluding carboxylic acids is 1. The highest BCUT2D eigenvalue weighted by Crippen LogP contribution is 2.35. The van der Waals surface area contributed by atoms with Gasteiger partial charge in [0.2, 0.25) is 0 Å². The van der Waals surface area contributed by atoms with Crippen LogP contribution >= 0.6 is 11.6 Å². The molecule has 0 saturated heterocycles. The first-order valence-electron chi connectivity index (χ1n) is 6.88. The Hall–Kier alpha value is -2.01. The zero-order valence-electron chi connectivity index (χ0n) is 12.7. The standard InChI is InChI=1S/C16H18ClNO4/c1-16(2,3)22-15(21)18-8-11(12(9-18)14(19)20)10-6-4-5-7-13(10)17/h4-7,9,11H,8H2,1-3H3,(H,19,20). The Balaban J connectivity index is 2.28. The van der Waals surface area contributed by atoms with E-state index in [0.717, 1.165) is 0 Å². The smallest absolute Gasteiger partial charge is 0.414 e. The monoisotopic (exact) mass is 323 g/mol. The van der Waals surface area contributed by atoms with E-state index in [0.29, 0.717) is 10.6 Å². The van der Waals surface area contributed by atoms with Gasteiger partial charge in [-0.25, -0.2) is 9.59 Å². The van der Waals surface area contributed by atoms with Crippen LogP contribution in [0.25, 0.3) is 0 Å². The number of hydrogen-bond acceptors (Lipinski definition) is 3. The summed E-state index contributed by atoms with van der Waals surface area (Å²) in [5, 5.41) is 9.86. The molecule has 1 atom stereocenters. The first-order chi connectivity index (χ1) is 10.2. The van der Waals surface area contributed by atoms with Crippen molar-refractivity contribution in [2.75, 3.05) is 6.54 Å². The summed E-state index contributed by atoms with van der Waals surface area (Å²) in [7, 11) is 0. The fraction of sp³-hybridized carbons (Fsp3) is 0.375. The fourth-order valence-electron chi connectivity index (χ4n) is 2.28. The molecule has 1 amide bonds. The molecule has 1 aromatic carbocycles. The Kier molecular flexibility index (Phi) is 4.47. The van der Waals surface area contributed by atoms with Crippen molar-refractivity contribution >= 4 is 23.7 Å². The molecule has 1 heterocycles. The van der Waals surface area contributed by atoms with Gasteiger partial charge in [0.15, 0.2) is 0 Å². The number of carboxylic acid groups (broad SMARTS) is 1. The van der Waals surface area contributed by atoms with Crippen LogP contribution in [-0.4, -0.2) is 34.2 Å². The lowest BCUT2D eigenvalue weighted by atomic mass is 9.93. The Morgan fingerprint density at radius 3 is 2.50 bits per heavy atom. The Morgan fingerprint density at radius 1 is 1.32 bits per heavy atom. The molecule has 0 aromatic heterocycles. The molecule has 0 aliphatic carbocycles. The summed E-state index contributed by atoms with van der Waals surface area (Å²) in [6, 6.07) is 7.03. The minimum atomic E-state index is -1.07. The van der Waals surface area contributed by atoms with Gasteiger partial charge in [0.25, 0.3) is 0 Å². The van der Waals surface area contributed by atoms with E-state index >= 15 is 0 Å². The van der Waals surface area contributed by atoms with Gasteiger partial charge in [0.1, 0.15) is 5.60 Å². The summed E-state index contributed by atoms with van der Waals surface area (Å²) >= 11 is 6.15. The maximum absolute atomic E-state index is 12.1. The molecule has 5 nitrogen and oxygen atoms in total. The van der Waals surface area contributed by atoms with Crippen LogP contribution in [0.4, 0.5) is 4.79 Å². The van der Waals surface area contributed by atoms with Crippen molar-refractivity contribution in [2.24, 2.45) is 0 Å². The van der Waals surface area contributed by atoms with Crippen LogP contribution in [0.15, 0.2) is 36.0 Å². The van der Waals surface area contributed by atoms with Gasteiger partial charge < -0.3 is 9.84 Å². The molecule has 0 saturated carbocycles. The van der Waals surface area contributed by atoms with E-state index < -0.39 is 23.6 Å². The molecule has 1 N–H and O–H groups in total. The van der Waals surface area contributed by atoms with Crippen LogP contribution in [0.1, 0.15) is 32.3 Å². The molecule has 0 bridgehead atoms. The van der Waals surface area contributed by atoms with Gasteiger partial charge in [0, 0.05) is 23.7 Å². The van der Waals surface area contributed by atoms with Gasteiger partial charge in [-0.15, -0.1) is 0 Å². The molecule has 118 valence electrons. The number of benzene rings is 1. The van der Waals surface area contributed by atoms with E-state index in [1.165, 1.54) is 11.1 Å². The lowest BCUT2D eigenvalue weighted by molar-refractivity contribution is -0.132. The molecular formula is C16H18ClNO4. The number of hydrogen-bond donors (Lipinski definition) is 1. The number of aliphatic carboxylic acids is 1. The molecule has 6 heteroatoms. The highest BCUT2D eigenvalue weighted by atomic mass is 35.5. The van der Waals surface area contributed by atoms with E-state index in [-0.39, 0.29) is 12.1 Å². The Bertz CT molecular complexity index is 633. The van der Waals surface area contributed by atoms with Crippen LogP contribution < -0.4 is 0 Å². The zero-order valence-corrected chi connectivity index (χ0v) is 13.4. The largest absolute Gasteiger partial charge is 0.478 e. The second-order valence-corrected chi connectivity index (χ2v) is 6.50. The lowest BCUT2D eigenvalue weighted by Gasteiger charge is -2.24. The van der Waals surface area contributed by atoms with Crippen LogP contribution in [0.5, 0.6) is 0 Å². The van der Waals surface area contributed by atoms with E-state index in [2.05, 4.69) is 0 Å². The highest BCUT2D eigenvalue weighted by molar-refractivity contribution is 6.31. The average Bonchev–Trinajstić information content (AvgIpc) is 2.82. The molecular weight excluding hydrogens is 306 g/mol. The second-order valence-electron chi connectivity index (χ2n) is 6.10. The van der Waals surface area contributed by atoms with Gasteiger partial charge in [-0.2, -0.15) is 0 Å². The summed E-state index contributed by atoms with van der Waals surface area (Å²) in [5.41, 5.74) is 0.166. The van der Waals surface area contributed by atoms with Gasteiger partial charge >= 0.3 is 12.1 Å². The van der Waals surface area contributed by atoms with Crippen molar-refractivity contribution in [1.29, 1.82) is 0 Å². The molecule has 0 radical (unpaired) electrons. The third-order valence-electron chi connectivity index (χ3n) is 3.21. The van der Waals surface area contributed by atoms with Crippen molar-refractivity contribution < 1.29 is 19.4 Å². The molecule has 1 aromatic rings. The number of halogens is 1. The summed E-state index contributed by atoms with van der Waals surface area (Å²) in [5.74, 6) is -1.55. The Labute approximate surface area is 134 Å². The molecule has 0 spiro atoms. The van der Waals surface area contributed by atoms with Crippen LogP contribution in [0, 0.1) is 0 Å². The van der Waals surface area contributed by atoms with Crippen molar-refractivity contribution in [1.82, 2.24) is 4.90 Å². The second kappa shape index (κ2) is 6.01. The van der Waals surface area contributed by atoms with Gasteiger partial charge in [-0.05, 0) is 32.4 Å². The maximum Gasteiger partial charge on any atom is 0.414 e. The molecule has 22 heavy (non-hydrogen) atoms. The third kappa shape index (κ3) is 3.60. The lowest BCUT2D eigenvalue weighted by Crippen LogP contribution is -2.33. The van der Waals surface area contributed by atoms with Crippen LogP contribution in [0.2, 0.25) is 5.02 Å². The molecule has 1 aliphatic rings. The molecule has 1 aliphatic heterocycles. The third-order valence-corrected chi connectivity index (χ3v) is 3.55. The molecule has 0 fully saturated rings. The average molecular weight is 324 g/mol. The summed E-state index contributed by atoms with van der Waals surface area (Å²) in [4.78, 5) is 24.9. The zero-order chi connectivity index (χ0) is 16.5. The van der Waals surface area contributed by atoms with Crippen LogP contribution in [0.3, 0.4) is 0 Å². The summed E-state index contributed by atoms with van der Waals surface area (Å²) in [6.07, 6.45) is 0.755. The SMILES string of the molecule is CC(C)(C)OC(=O)N1C=C(C(=O)O)C(c2ccccc2Cl)C1. The van der Waals surface area contributed by atoms with Crippen molar-refractivity contribution in [3.8, 4) is 0 Å². The van der Waals surface area contributed by atoms with Gasteiger partial charge in [-0.1, -0.05) is 29.8 Å². The van der Waals surface area contributed by atoms with Crippen LogP contribution in [-0.2, 0) is 9.53 Å². The number of carbonyl (C=O) groups is 2. The number of amides is 1. The maximum atomic E-state index is 12.1. The molecule has 1 unspecified atom stereocenters. The number of carboxylic acids is 1. The number of nitrogens with zero attached hydrogens (tertiary/aromatic N) is 1. The van der Waals surface area contributed by atoms with Crippen molar-refractivity contribution in [3.63, 3.8) is 0 Å². The van der Waals surface area contributed by atoms with Crippen molar-refractivity contribution in [3.05, 3.63) is 46.6 Å². The Morgan fingerprint density at radius 2 is 1.95 bits per heavy atom. The van der Waals surface area contributed by atoms with Crippen molar-refractivity contribution in [2.45, 2.75) is 32.3 Å². The summed E-state index contributed by atoms with van der Waals surface area (Å²) < 4.78 is 5.28.